The molecule has 126 valence electrons. The SMILES string of the molecule is Cc1ccc(S(=O)(=O)NC(C#C[Si](C)(C)C)c2ccccc2)cc1. The van der Waals surface area contributed by atoms with Crippen LogP contribution in [0.2, 0.25) is 19.6 Å². The summed E-state index contributed by atoms with van der Waals surface area (Å²) < 4.78 is 28.1. The Labute approximate surface area is 146 Å². The summed E-state index contributed by atoms with van der Waals surface area (Å²) in [5.41, 5.74) is 5.13. The van der Waals surface area contributed by atoms with Crippen LogP contribution in [-0.2, 0) is 10.0 Å². The molecule has 0 aliphatic heterocycles. The Morgan fingerprint density at radius 3 is 2.08 bits per heavy atom. The zero-order valence-electron chi connectivity index (χ0n) is 14.5. The lowest BCUT2D eigenvalue weighted by Crippen LogP contribution is -2.28. The summed E-state index contributed by atoms with van der Waals surface area (Å²) >= 11 is 0. The molecule has 0 bridgehead atoms. The van der Waals surface area contributed by atoms with Gasteiger partial charge in [-0.15, -0.1) is 5.54 Å². The Morgan fingerprint density at radius 2 is 1.54 bits per heavy atom. The van der Waals surface area contributed by atoms with E-state index in [1.54, 1.807) is 24.3 Å². The van der Waals surface area contributed by atoms with E-state index in [4.69, 9.17) is 0 Å². The molecule has 2 aromatic rings. The molecule has 0 saturated carbocycles. The molecule has 0 aliphatic carbocycles. The average Bonchev–Trinajstić information content (AvgIpc) is 2.52. The third-order valence-corrected chi connectivity index (χ3v) is 5.66. The highest BCUT2D eigenvalue weighted by atomic mass is 32.2. The van der Waals surface area contributed by atoms with E-state index in [1.165, 1.54) is 0 Å². The van der Waals surface area contributed by atoms with Crippen molar-refractivity contribution in [1.29, 1.82) is 0 Å². The van der Waals surface area contributed by atoms with Gasteiger partial charge >= 0.3 is 0 Å². The standard InChI is InChI=1S/C19H23NO2SSi/c1-16-10-12-18(13-11-16)23(21,22)20-19(14-15-24(2,3)4)17-8-6-5-7-9-17/h5-13,19-20H,1-4H3. The molecule has 2 rings (SSSR count). The van der Waals surface area contributed by atoms with E-state index in [1.807, 2.05) is 37.3 Å². The van der Waals surface area contributed by atoms with Crippen molar-refractivity contribution in [2.24, 2.45) is 0 Å². The number of benzene rings is 2. The minimum Gasteiger partial charge on any atom is -0.207 e. The van der Waals surface area contributed by atoms with Crippen molar-refractivity contribution in [2.75, 3.05) is 0 Å². The van der Waals surface area contributed by atoms with E-state index >= 15 is 0 Å². The lowest BCUT2D eigenvalue weighted by atomic mass is 10.1. The van der Waals surface area contributed by atoms with Gasteiger partial charge in [-0.25, -0.2) is 8.42 Å². The van der Waals surface area contributed by atoms with Crippen molar-refractivity contribution < 1.29 is 8.42 Å². The van der Waals surface area contributed by atoms with Gasteiger partial charge in [0.1, 0.15) is 14.1 Å². The fourth-order valence-electron chi connectivity index (χ4n) is 2.06. The van der Waals surface area contributed by atoms with Gasteiger partial charge in [-0.3, -0.25) is 0 Å². The van der Waals surface area contributed by atoms with Crippen molar-refractivity contribution in [3.8, 4) is 11.5 Å². The Morgan fingerprint density at radius 1 is 0.958 bits per heavy atom. The van der Waals surface area contributed by atoms with Crippen LogP contribution in [0.5, 0.6) is 0 Å². The fourth-order valence-corrected chi connectivity index (χ4v) is 3.77. The number of nitrogens with one attached hydrogen (secondary N) is 1. The van der Waals surface area contributed by atoms with Gasteiger partial charge in [-0.1, -0.05) is 73.6 Å². The minimum atomic E-state index is -3.63. The van der Waals surface area contributed by atoms with Gasteiger partial charge in [0.05, 0.1) is 4.90 Å². The minimum absolute atomic E-state index is 0.254. The summed E-state index contributed by atoms with van der Waals surface area (Å²) in [4.78, 5) is 0.254. The summed E-state index contributed by atoms with van der Waals surface area (Å²) in [6.45, 7) is 8.33. The van der Waals surface area contributed by atoms with Crippen molar-refractivity contribution in [3.05, 3.63) is 65.7 Å². The van der Waals surface area contributed by atoms with Gasteiger partial charge in [0.2, 0.25) is 10.0 Å². The van der Waals surface area contributed by atoms with Crippen LogP contribution >= 0.6 is 0 Å². The molecule has 1 unspecified atom stereocenters. The van der Waals surface area contributed by atoms with E-state index in [0.29, 0.717) is 0 Å². The molecule has 0 fully saturated rings. The van der Waals surface area contributed by atoms with Crippen LogP contribution in [0.4, 0.5) is 0 Å². The largest absolute Gasteiger partial charge is 0.241 e. The summed E-state index contributed by atoms with van der Waals surface area (Å²) in [5, 5.41) is 0. The first kappa shape index (κ1) is 18.5. The maximum absolute atomic E-state index is 12.7. The molecular weight excluding hydrogens is 334 g/mol. The Hall–Kier alpha value is -1.87. The predicted molar refractivity (Wildman–Crippen MR) is 102 cm³/mol. The normalized spacial score (nSPS) is 13.0. The molecule has 0 saturated heterocycles. The topological polar surface area (TPSA) is 46.2 Å². The molecule has 0 amide bonds. The van der Waals surface area contributed by atoms with E-state index in [9.17, 15) is 8.42 Å². The van der Waals surface area contributed by atoms with E-state index in [-0.39, 0.29) is 4.90 Å². The second-order valence-corrected chi connectivity index (χ2v) is 13.3. The highest BCUT2D eigenvalue weighted by molar-refractivity contribution is 7.89. The summed E-state index contributed by atoms with van der Waals surface area (Å²) in [6, 6.07) is 15.7. The molecule has 1 N–H and O–H groups in total. The van der Waals surface area contributed by atoms with Crippen molar-refractivity contribution in [3.63, 3.8) is 0 Å². The lowest BCUT2D eigenvalue weighted by Gasteiger charge is -2.15. The number of rotatable bonds is 4. The van der Waals surface area contributed by atoms with Crippen LogP contribution in [-0.4, -0.2) is 16.5 Å². The van der Waals surface area contributed by atoms with Crippen molar-refractivity contribution in [2.45, 2.75) is 37.5 Å². The van der Waals surface area contributed by atoms with E-state index in [0.717, 1.165) is 11.1 Å². The first-order chi connectivity index (χ1) is 11.2. The van der Waals surface area contributed by atoms with Gasteiger partial charge in [-0.05, 0) is 24.6 Å². The third kappa shape index (κ3) is 5.34. The summed E-state index contributed by atoms with van der Waals surface area (Å²) in [7, 11) is -5.24. The first-order valence-electron chi connectivity index (χ1n) is 7.84. The van der Waals surface area contributed by atoms with Crippen molar-refractivity contribution in [1.82, 2.24) is 4.72 Å². The number of sulfonamides is 1. The second kappa shape index (κ2) is 7.35. The monoisotopic (exact) mass is 357 g/mol. The van der Waals surface area contributed by atoms with Gasteiger partial charge in [0, 0.05) is 0 Å². The molecule has 3 nitrogen and oxygen atoms in total. The number of hydrogen-bond donors (Lipinski definition) is 1. The molecular formula is C19H23NO2SSi. The van der Waals surface area contributed by atoms with Crippen LogP contribution in [0.3, 0.4) is 0 Å². The van der Waals surface area contributed by atoms with Gasteiger partial charge in [0.15, 0.2) is 0 Å². The van der Waals surface area contributed by atoms with Gasteiger partial charge in [0.25, 0.3) is 0 Å². The molecule has 5 heteroatoms. The van der Waals surface area contributed by atoms with Crippen LogP contribution < -0.4 is 4.72 Å². The first-order valence-corrected chi connectivity index (χ1v) is 12.8. The highest BCUT2D eigenvalue weighted by Crippen LogP contribution is 2.17. The van der Waals surface area contributed by atoms with Crippen molar-refractivity contribution >= 4 is 18.1 Å². The maximum Gasteiger partial charge on any atom is 0.241 e. The molecule has 0 aliphatic rings. The maximum atomic E-state index is 12.7. The van der Waals surface area contributed by atoms with Gasteiger partial charge < -0.3 is 0 Å². The smallest absolute Gasteiger partial charge is 0.207 e. The summed E-state index contributed by atoms with van der Waals surface area (Å²) in [6.07, 6.45) is 0. The quantitative estimate of drug-likeness (QED) is 0.666. The molecule has 1 atom stereocenters. The predicted octanol–water partition coefficient (Wildman–Crippen LogP) is 3.90. The van der Waals surface area contributed by atoms with Crippen LogP contribution in [0.25, 0.3) is 0 Å². The zero-order valence-corrected chi connectivity index (χ0v) is 16.3. The number of aryl methyl sites for hydroxylation is 1. The Kier molecular flexibility index (Phi) is 5.65. The second-order valence-electron chi connectivity index (χ2n) is 6.80. The third-order valence-electron chi connectivity index (χ3n) is 3.33. The Balaban J connectivity index is 2.37. The summed E-state index contributed by atoms with van der Waals surface area (Å²) in [5.74, 6) is 3.13. The highest BCUT2D eigenvalue weighted by Gasteiger charge is 2.20. The lowest BCUT2D eigenvalue weighted by molar-refractivity contribution is 0.576. The molecule has 0 aromatic heterocycles. The van der Waals surface area contributed by atoms with Crippen LogP contribution in [0.15, 0.2) is 59.5 Å². The molecule has 0 radical (unpaired) electrons. The fraction of sp³-hybridized carbons (Fsp3) is 0.263. The number of hydrogen-bond acceptors (Lipinski definition) is 2. The van der Waals surface area contributed by atoms with Gasteiger partial charge in [-0.2, -0.15) is 4.72 Å². The van der Waals surface area contributed by atoms with Crippen LogP contribution in [0, 0.1) is 18.4 Å². The average molecular weight is 358 g/mol. The molecule has 0 heterocycles. The molecule has 0 spiro atoms. The Bertz CT molecular complexity index is 842. The van der Waals surface area contributed by atoms with Crippen LogP contribution in [0.1, 0.15) is 17.2 Å². The van der Waals surface area contributed by atoms with E-state index in [2.05, 4.69) is 35.8 Å². The van der Waals surface area contributed by atoms with E-state index < -0.39 is 24.1 Å². The zero-order chi connectivity index (χ0) is 17.8. The molecule has 2 aromatic carbocycles. The molecule has 24 heavy (non-hydrogen) atoms.